The third-order valence-electron chi connectivity index (χ3n) is 3.55. The highest BCUT2D eigenvalue weighted by Gasteiger charge is 2.39. The maximum atomic E-state index is 8.89. The SMILES string of the molecule is C=C(C)[C@@H]1CCC(C)C(C)(OO)C1. The second kappa shape index (κ2) is 3.81. The van der Waals surface area contributed by atoms with E-state index in [2.05, 4.69) is 25.3 Å². The quantitative estimate of drug-likeness (QED) is 0.405. The normalized spacial score (nSPS) is 40.3. The van der Waals surface area contributed by atoms with E-state index in [9.17, 15) is 0 Å². The van der Waals surface area contributed by atoms with E-state index < -0.39 is 0 Å². The lowest BCUT2D eigenvalue weighted by molar-refractivity contribution is -0.339. The molecule has 0 bridgehead atoms. The first-order chi connectivity index (χ1) is 5.99. The molecule has 3 atom stereocenters. The number of allylic oxidation sites excluding steroid dienone is 1. The third kappa shape index (κ3) is 2.12. The molecule has 13 heavy (non-hydrogen) atoms. The molecule has 2 unspecified atom stereocenters. The summed E-state index contributed by atoms with van der Waals surface area (Å²) in [5.41, 5.74) is 0.831. The molecule has 2 heteroatoms. The van der Waals surface area contributed by atoms with Crippen molar-refractivity contribution in [2.45, 2.75) is 45.6 Å². The van der Waals surface area contributed by atoms with Crippen molar-refractivity contribution >= 4 is 0 Å². The first-order valence-electron chi connectivity index (χ1n) is 4.97. The minimum Gasteiger partial charge on any atom is -0.251 e. The minimum absolute atomic E-state index is 0.373. The van der Waals surface area contributed by atoms with Gasteiger partial charge >= 0.3 is 0 Å². The molecule has 1 N–H and O–H groups in total. The summed E-state index contributed by atoms with van der Waals surface area (Å²) >= 11 is 0. The van der Waals surface area contributed by atoms with E-state index in [0.717, 1.165) is 12.8 Å². The van der Waals surface area contributed by atoms with Gasteiger partial charge in [0.05, 0.1) is 0 Å². The lowest BCUT2D eigenvalue weighted by Gasteiger charge is -2.40. The first-order valence-corrected chi connectivity index (χ1v) is 4.97. The van der Waals surface area contributed by atoms with Gasteiger partial charge in [0, 0.05) is 0 Å². The predicted octanol–water partition coefficient (Wildman–Crippen LogP) is 3.25. The lowest BCUT2D eigenvalue weighted by Crippen LogP contribution is -2.41. The maximum Gasteiger partial charge on any atom is 0.104 e. The van der Waals surface area contributed by atoms with Gasteiger partial charge < -0.3 is 0 Å². The molecule has 1 fully saturated rings. The van der Waals surface area contributed by atoms with Crippen molar-refractivity contribution < 1.29 is 10.1 Å². The molecular weight excluding hydrogens is 164 g/mol. The average Bonchev–Trinajstić information content (AvgIpc) is 2.09. The molecule has 1 saturated carbocycles. The van der Waals surface area contributed by atoms with Gasteiger partial charge in [0.15, 0.2) is 0 Å². The van der Waals surface area contributed by atoms with Crippen LogP contribution in [-0.2, 0) is 4.89 Å². The van der Waals surface area contributed by atoms with E-state index in [0.29, 0.717) is 11.8 Å². The summed E-state index contributed by atoms with van der Waals surface area (Å²) < 4.78 is 0. The second-order valence-corrected chi connectivity index (χ2v) is 4.63. The fourth-order valence-electron chi connectivity index (χ4n) is 2.10. The van der Waals surface area contributed by atoms with Crippen molar-refractivity contribution in [1.82, 2.24) is 0 Å². The van der Waals surface area contributed by atoms with Crippen LogP contribution in [0.5, 0.6) is 0 Å². The second-order valence-electron chi connectivity index (χ2n) is 4.63. The highest BCUT2D eigenvalue weighted by Crippen LogP contribution is 2.41. The van der Waals surface area contributed by atoms with Crippen LogP contribution in [-0.4, -0.2) is 10.9 Å². The largest absolute Gasteiger partial charge is 0.251 e. The number of rotatable bonds is 2. The molecule has 0 aromatic heterocycles. The van der Waals surface area contributed by atoms with E-state index in [4.69, 9.17) is 5.26 Å². The molecule has 0 spiro atoms. The molecule has 1 rings (SSSR count). The standard InChI is InChI=1S/C11H20O2/c1-8(2)10-6-5-9(3)11(4,7-10)13-12/h9-10,12H,1,5-7H2,2-4H3/t9?,10-,11?/m1/s1. The van der Waals surface area contributed by atoms with Gasteiger partial charge in [-0.1, -0.05) is 19.1 Å². The monoisotopic (exact) mass is 184 g/mol. The summed E-state index contributed by atoms with van der Waals surface area (Å²) in [4.78, 5) is 4.63. The topological polar surface area (TPSA) is 29.5 Å². The van der Waals surface area contributed by atoms with E-state index in [-0.39, 0.29) is 5.60 Å². The van der Waals surface area contributed by atoms with Crippen LogP contribution < -0.4 is 0 Å². The van der Waals surface area contributed by atoms with E-state index in [1.54, 1.807) is 0 Å². The average molecular weight is 184 g/mol. The van der Waals surface area contributed by atoms with Gasteiger partial charge in [-0.25, -0.2) is 4.89 Å². The summed E-state index contributed by atoms with van der Waals surface area (Å²) in [6, 6.07) is 0. The summed E-state index contributed by atoms with van der Waals surface area (Å²) in [6.07, 6.45) is 3.17. The van der Waals surface area contributed by atoms with Gasteiger partial charge in [-0.15, -0.1) is 0 Å². The molecule has 0 heterocycles. The van der Waals surface area contributed by atoms with Crippen LogP contribution in [0.25, 0.3) is 0 Å². The van der Waals surface area contributed by atoms with Crippen LogP contribution in [0.4, 0.5) is 0 Å². The number of hydrogen-bond donors (Lipinski definition) is 1. The van der Waals surface area contributed by atoms with Crippen LogP contribution in [0.1, 0.15) is 40.0 Å². The Labute approximate surface area is 80.5 Å². The summed E-state index contributed by atoms with van der Waals surface area (Å²) in [5, 5.41) is 8.89. The highest BCUT2D eigenvalue weighted by atomic mass is 17.1. The molecule has 0 radical (unpaired) electrons. The molecule has 1 aliphatic rings. The molecule has 2 nitrogen and oxygen atoms in total. The molecule has 0 aliphatic heterocycles. The molecule has 1 aliphatic carbocycles. The fourth-order valence-corrected chi connectivity index (χ4v) is 2.10. The van der Waals surface area contributed by atoms with Crippen molar-refractivity contribution in [3.8, 4) is 0 Å². The van der Waals surface area contributed by atoms with Gasteiger partial charge in [-0.05, 0) is 44.9 Å². The smallest absolute Gasteiger partial charge is 0.104 e. The predicted molar refractivity (Wildman–Crippen MR) is 53.4 cm³/mol. The number of hydrogen-bond acceptors (Lipinski definition) is 2. The van der Waals surface area contributed by atoms with Gasteiger partial charge in [0.25, 0.3) is 0 Å². The van der Waals surface area contributed by atoms with Crippen LogP contribution in [0, 0.1) is 11.8 Å². The first kappa shape index (κ1) is 10.7. The minimum atomic E-state index is -0.373. The Morgan fingerprint density at radius 2 is 2.15 bits per heavy atom. The van der Waals surface area contributed by atoms with Crippen molar-refractivity contribution in [2.75, 3.05) is 0 Å². The Balaban J connectivity index is 2.68. The van der Waals surface area contributed by atoms with Gasteiger partial charge in [-0.3, -0.25) is 5.26 Å². The van der Waals surface area contributed by atoms with E-state index >= 15 is 0 Å². The molecule has 0 amide bonds. The van der Waals surface area contributed by atoms with Gasteiger partial charge in [0.1, 0.15) is 5.60 Å². The Morgan fingerprint density at radius 1 is 1.54 bits per heavy atom. The van der Waals surface area contributed by atoms with Crippen LogP contribution >= 0.6 is 0 Å². The van der Waals surface area contributed by atoms with Gasteiger partial charge in [0.2, 0.25) is 0 Å². The Morgan fingerprint density at radius 3 is 2.62 bits per heavy atom. The van der Waals surface area contributed by atoms with Gasteiger partial charge in [-0.2, -0.15) is 0 Å². The van der Waals surface area contributed by atoms with Crippen LogP contribution in [0.3, 0.4) is 0 Å². The molecule has 0 saturated heterocycles. The zero-order valence-corrected chi connectivity index (χ0v) is 8.84. The summed E-state index contributed by atoms with van der Waals surface area (Å²) in [5.74, 6) is 0.932. The maximum absolute atomic E-state index is 8.89. The van der Waals surface area contributed by atoms with E-state index in [1.807, 2.05) is 6.92 Å². The Hall–Kier alpha value is -0.340. The zero-order valence-electron chi connectivity index (χ0n) is 8.84. The van der Waals surface area contributed by atoms with Crippen molar-refractivity contribution in [3.63, 3.8) is 0 Å². The zero-order chi connectivity index (χ0) is 10.1. The third-order valence-corrected chi connectivity index (χ3v) is 3.55. The van der Waals surface area contributed by atoms with Crippen LogP contribution in [0.2, 0.25) is 0 Å². The fraction of sp³-hybridized carbons (Fsp3) is 0.818. The Kier molecular flexibility index (Phi) is 3.14. The van der Waals surface area contributed by atoms with Crippen molar-refractivity contribution in [1.29, 1.82) is 0 Å². The highest BCUT2D eigenvalue weighted by molar-refractivity contribution is 5.02. The van der Waals surface area contributed by atoms with Crippen LogP contribution in [0.15, 0.2) is 12.2 Å². The Bertz CT molecular complexity index is 200. The lowest BCUT2D eigenvalue weighted by atomic mass is 9.71. The van der Waals surface area contributed by atoms with Crippen molar-refractivity contribution in [3.05, 3.63) is 12.2 Å². The summed E-state index contributed by atoms with van der Waals surface area (Å²) in [7, 11) is 0. The summed E-state index contributed by atoms with van der Waals surface area (Å²) in [6.45, 7) is 10.1. The van der Waals surface area contributed by atoms with Crippen molar-refractivity contribution in [2.24, 2.45) is 11.8 Å². The molecule has 0 aromatic rings. The molecule has 76 valence electrons. The molecular formula is C11H20O2. The van der Waals surface area contributed by atoms with E-state index in [1.165, 1.54) is 12.0 Å². The molecule has 0 aromatic carbocycles.